The predicted octanol–water partition coefficient (Wildman–Crippen LogP) is 4.83. The fraction of sp³-hybridized carbons (Fsp3) is 0.200. The monoisotopic (exact) mass is 342 g/mol. The number of aryl methyl sites for hydroxylation is 1. The van der Waals surface area contributed by atoms with Crippen LogP contribution in [0.4, 0.5) is 4.39 Å². The quantitative estimate of drug-likeness (QED) is 0.846. The Morgan fingerprint density at radius 2 is 2.00 bits per heavy atom. The van der Waals surface area contributed by atoms with Gasteiger partial charge in [-0.2, -0.15) is 0 Å². The van der Waals surface area contributed by atoms with Crippen molar-refractivity contribution in [2.75, 3.05) is 0 Å². The molecule has 0 saturated carbocycles. The number of aliphatic hydroxyl groups is 1. The Kier molecular flexibility index (Phi) is 4.61. The summed E-state index contributed by atoms with van der Waals surface area (Å²) in [5.74, 6) is -0.259. The smallest absolute Gasteiger partial charge is 0.123 e. The summed E-state index contributed by atoms with van der Waals surface area (Å²) < 4.78 is 13.8. The minimum absolute atomic E-state index is 0.259. The Balaban J connectivity index is 2.20. The summed E-state index contributed by atoms with van der Waals surface area (Å²) in [6.07, 6.45) is -0.196. The molecule has 0 spiro atoms. The van der Waals surface area contributed by atoms with Gasteiger partial charge in [-0.15, -0.1) is 0 Å². The third-order valence-corrected chi connectivity index (χ3v) is 4.26. The van der Waals surface area contributed by atoms with Crippen LogP contribution in [0.1, 0.15) is 22.8 Å². The summed E-state index contributed by atoms with van der Waals surface area (Å²) in [6.45, 7) is 1.84. The highest BCUT2D eigenvalue weighted by Gasteiger charge is 2.12. The second-order valence-corrected chi connectivity index (χ2v) is 5.73. The fourth-order valence-electron chi connectivity index (χ4n) is 1.93. The van der Waals surface area contributed by atoms with Gasteiger partial charge >= 0.3 is 0 Å². The van der Waals surface area contributed by atoms with E-state index in [2.05, 4.69) is 15.9 Å². The molecule has 19 heavy (non-hydrogen) atoms. The summed E-state index contributed by atoms with van der Waals surface area (Å²) in [5, 5.41) is 10.8. The molecule has 0 bridgehead atoms. The summed E-state index contributed by atoms with van der Waals surface area (Å²) >= 11 is 9.25. The summed E-state index contributed by atoms with van der Waals surface area (Å²) in [6, 6.07) is 9.91. The first-order valence-corrected chi connectivity index (χ1v) is 7.02. The number of hydrogen-bond donors (Lipinski definition) is 1. The molecule has 0 saturated heterocycles. The summed E-state index contributed by atoms with van der Waals surface area (Å²) in [5.41, 5.74) is 2.55. The third kappa shape index (κ3) is 3.56. The predicted molar refractivity (Wildman–Crippen MR) is 79.0 cm³/mol. The zero-order chi connectivity index (χ0) is 14.0. The summed E-state index contributed by atoms with van der Waals surface area (Å²) in [7, 11) is 0. The van der Waals surface area contributed by atoms with Crippen LogP contribution in [0.3, 0.4) is 0 Å². The third-order valence-electron chi connectivity index (χ3n) is 3.05. The van der Waals surface area contributed by atoms with E-state index in [0.29, 0.717) is 11.4 Å². The zero-order valence-corrected chi connectivity index (χ0v) is 12.7. The van der Waals surface area contributed by atoms with E-state index in [-0.39, 0.29) is 5.82 Å². The molecule has 100 valence electrons. The summed E-state index contributed by atoms with van der Waals surface area (Å²) in [4.78, 5) is 0. The fourth-order valence-corrected chi connectivity index (χ4v) is 2.45. The van der Waals surface area contributed by atoms with Crippen molar-refractivity contribution < 1.29 is 9.50 Å². The van der Waals surface area contributed by atoms with Crippen molar-refractivity contribution in [1.82, 2.24) is 0 Å². The minimum Gasteiger partial charge on any atom is -0.388 e. The zero-order valence-electron chi connectivity index (χ0n) is 10.3. The van der Waals surface area contributed by atoms with Crippen molar-refractivity contribution in [3.8, 4) is 0 Å². The maximum Gasteiger partial charge on any atom is 0.123 e. The first kappa shape index (κ1) is 14.5. The molecule has 1 N–H and O–H groups in total. The lowest BCUT2D eigenvalue weighted by molar-refractivity contribution is 0.178. The van der Waals surface area contributed by atoms with Crippen LogP contribution < -0.4 is 0 Å². The van der Waals surface area contributed by atoms with Gasteiger partial charge in [0, 0.05) is 10.9 Å². The van der Waals surface area contributed by atoms with Crippen LogP contribution in [0.2, 0.25) is 5.02 Å². The van der Waals surface area contributed by atoms with E-state index < -0.39 is 6.10 Å². The molecule has 0 aromatic heterocycles. The van der Waals surface area contributed by atoms with E-state index >= 15 is 0 Å². The first-order chi connectivity index (χ1) is 8.97. The van der Waals surface area contributed by atoms with Crippen molar-refractivity contribution in [3.63, 3.8) is 0 Å². The van der Waals surface area contributed by atoms with Gasteiger partial charge in [-0.3, -0.25) is 0 Å². The topological polar surface area (TPSA) is 20.2 Å². The largest absolute Gasteiger partial charge is 0.388 e. The molecule has 1 unspecified atom stereocenters. The molecule has 4 heteroatoms. The Hall–Kier alpha value is -0.900. The van der Waals surface area contributed by atoms with E-state index in [4.69, 9.17) is 11.6 Å². The van der Waals surface area contributed by atoms with Crippen LogP contribution in [-0.2, 0) is 6.42 Å². The molecule has 1 nitrogen and oxygen atoms in total. The van der Waals surface area contributed by atoms with Crippen LogP contribution in [0.5, 0.6) is 0 Å². The van der Waals surface area contributed by atoms with Crippen LogP contribution in [0, 0.1) is 12.7 Å². The van der Waals surface area contributed by atoms with Crippen molar-refractivity contribution in [3.05, 3.63) is 68.4 Å². The molecule has 2 aromatic rings. The van der Waals surface area contributed by atoms with Gasteiger partial charge in [0.2, 0.25) is 0 Å². The van der Waals surface area contributed by atoms with Gasteiger partial charge in [0.1, 0.15) is 5.82 Å². The molecule has 0 aliphatic heterocycles. The van der Waals surface area contributed by atoms with E-state index in [1.54, 1.807) is 24.3 Å². The second-order valence-electron chi connectivity index (χ2n) is 4.46. The van der Waals surface area contributed by atoms with Gasteiger partial charge in [0.25, 0.3) is 0 Å². The SMILES string of the molecule is Cc1cc(F)ccc1CC(O)c1ccc(Cl)c(Br)c1. The van der Waals surface area contributed by atoms with Crippen LogP contribution in [-0.4, -0.2) is 5.11 Å². The van der Waals surface area contributed by atoms with Gasteiger partial charge in [-0.1, -0.05) is 23.7 Å². The molecule has 1 atom stereocenters. The maximum atomic E-state index is 13.0. The minimum atomic E-state index is -0.641. The number of aliphatic hydroxyl groups excluding tert-OH is 1. The molecular weight excluding hydrogens is 331 g/mol. The lowest BCUT2D eigenvalue weighted by atomic mass is 9.98. The van der Waals surface area contributed by atoms with Crippen molar-refractivity contribution in [1.29, 1.82) is 0 Å². The van der Waals surface area contributed by atoms with E-state index in [9.17, 15) is 9.50 Å². The highest BCUT2D eigenvalue weighted by molar-refractivity contribution is 9.10. The average molecular weight is 344 g/mol. The highest BCUT2D eigenvalue weighted by atomic mass is 79.9. The number of hydrogen-bond acceptors (Lipinski definition) is 1. The molecule has 0 fully saturated rings. The van der Waals surface area contributed by atoms with Crippen LogP contribution in [0.15, 0.2) is 40.9 Å². The number of rotatable bonds is 3. The van der Waals surface area contributed by atoms with Gasteiger partial charge < -0.3 is 5.11 Å². The van der Waals surface area contributed by atoms with Crippen LogP contribution >= 0.6 is 27.5 Å². The molecule has 0 amide bonds. The van der Waals surface area contributed by atoms with Crippen LogP contribution in [0.25, 0.3) is 0 Å². The Morgan fingerprint density at radius 1 is 1.26 bits per heavy atom. The Labute approximate surface area is 125 Å². The lowest BCUT2D eigenvalue weighted by Gasteiger charge is -2.13. The molecule has 0 heterocycles. The van der Waals surface area contributed by atoms with Gasteiger partial charge in [-0.25, -0.2) is 4.39 Å². The molecule has 0 radical (unpaired) electrons. The molecule has 0 aliphatic carbocycles. The maximum absolute atomic E-state index is 13.0. The standard InChI is InChI=1S/C15H13BrClFO/c1-9-6-12(18)4-2-10(9)8-15(19)11-3-5-14(17)13(16)7-11/h2-7,15,19H,8H2,1H3. The molecule has 2 aromatic carbocycles. The van der Waals surface area contributed by atoms with Gasteiger partial charge in [-0.05, 0) is 63.8 Å². The Bertz CT molecular complexity index is 601. The Morgan fingerprint density at radius 3 is 2.63 bits per heavy atom. The normalized spacial score (nSPS) is 12.5. The van der Waals surface area contributed by atoms with E-state index in [1.165, 1.54) is 12.1 Å². The number of halogens is 3. The van der Waals surface area contributed by atoms with Crippen molar-refractivity contribution >= 4 is 27.5 Å². The number of benzene rings is 2. The lowest BCUT2D eigenvalue weighted by Crippen LogP contribution is -2.03. The van der Waals surface area contributed by atoms with Crippen molar-refractivity contribution in [2.24, 2.45) is 0 Å². The highest BCUT2D eigenvalue weighted by Crippen LogP contribution is 2.28. The van der Waals surface area contributed by atoms with Gasteiger partial charge in [0.05, 0.1) is 11.1 Å². The molecular formula is C15H13BrClFO. The molecule has 2 rings (SSSR count). The van der Waals surface area contributed by atoms with E-state index in [1.807, 2.05) is 6.92 Å². The first-order valence-electron chi connectivity index (χ1n) is 5.85. The van der Waals surface area contributed by atoms with E-state index in [0.717, 1.165) is 21.2 Å². The van der Waals surface area contributed by atoms with Crippen molar-refractivity contribution in [2.45, 2.75) is 19.4 Å². The second kappa shape index (κ2) is 6.04. The molecule has 0 aliphatic rings. The van der Waals surface area contributed by atoms with Gasteiger partial charge in [0.15, 0.2) is 0 Å². The average Bonchev–Trinajstić information content (AvgIpc) is 2.36.